The van der Waals surface area contributed by atoms with Crippen LogP contribution in [0, 0.1) is 6.92 Å². The molecule has 21 heavy (non-hydrogen) atoms. The lowest BCUT2D eigenvalue weighted by Crippen LogP contribution is -2.11. The number of rotatable bonds is 2. The minimum atomic E-state index is -0.213. The van der Waals surface area contributed by atoms with Crippen molar-refractivity contribution in [2.75, 3.05) is 11.1 Å². The molecule has 1 amide bonds. The van der Waals surface area contributed by atoms with E-state index in [1.807, 2.05) is 37.3 Å². The number of thiophene rings is 1. The first-order valence-electron chi connectivity index (χ1n) is 6.41. The molecule has 106 valence electrons. The predicted molar refractivity (Wildman–Crippen MR) is 90.4 cm³/mol. The molecule has 0 bridgehead atoms. The zero-order valence-corrected chi connectivity index (χ0v) is 12.9. The molecule has 0 spiro atoms. The van der Waals surface area contributed by atoms with Crippen molar-refractivity contribution >= 4 is 50.3 Å². The monoisotopic (exact) mass is 316 g/mol. The van der Waals surface area contributed by atoms with Crippen LogP contribution in [0.15, 0.2) is 42.5 Å². The number of nitrogens with one attached hydrogen (secondary N) is 1. The second-order valence-electron chi connectivity index (χ2n) is 4.77. The van der Waals surface area contributed by atoms with Gasteiger partial charge in [-0.15, -0.1) is 11.3 Å². The molecule has 0 aliphatic heterocycles. The van der Waals surface area contributed by atoms with Crippen molar-refractivity contribution in [1.29, 1.82) is 0 Å². The number of hydrogen-bond acceptors (Lipinski definition) is 3. The van der Waals surface area contributed by atoms with Gasteiger partial charge < -0.3 is 11.1 Å². The maximum Gasteiger partial charge on any atom is 0.267 e. The number of hydrogen-bond donors (Lipinski definition) is 2. The normalized spacial score (nSPS) is 10.8. The van der Waals surface area contributed by atoms with Gasteiger partial charge in [0.15, 0.2) is 0 Å². The van der Waals surface area contributed by atoms with Crippen LogP contribution >= 0.6 is 22.9 Å². The Morgan fingerprint density at radius 2 is 2.00 bits per heavy atom. The van der Waals surface area contributed by atoms with E-state index in [0.29, 0.717) is 21.3 Å². The number of carbonyl (C=O) groups excluding carboxylic acids is 1. The number of aryl methyl sites for hydroxylation is 1. The fourth-order valence-electron chi connectivity index (χ4n) is 2.11. The molecular formula is C16H13ClN2OS. The van der Waals surface area contributed by atoms with E-state index in [9.17, 15) is 4.79 Å². The molecule has 2 aromatic carbocycles. The number of nitrogen functional groups attached to an aromatic ring is 1. The molecule has 0 unspecified atom stereocenters. The summed E-state index contributed by atoms with van der Waals surface area (Å²) < 4.78 is 0.997. The van der Waals surface area contributed by atoms with Gasteiger partial charge in [-0.2, -0.15) is 0 Å². The molecule has 0 saturated heterocycles. The zero-order valence-electron chi connectivity index (χ0n) is 11.3. The Kier molecular flexibility index (Phi) is 3.57. The molecule has 0 aliphatic rings. The highest BCUT2D eigenvalue weighted by Crippen LogP contribution is 2.35. The van der Waals surface area contributed by atoms with Crippen LogP contribution in [0.25, 0.3) is 10.1 Å². The average molecular weight is 317 g/mol. The van der Waals surface area contributed by atoms with Gasteiger partial charge in [-0.05, 0) is 30.7 Å². The Morgan fingerprint density at radius 3 is 2.76 bits per heavy atom. The molecule has 3 aromatic rings. The Morgan fingerprint density at radius 1 is 1.24 bits per heavy atom. The van der Waals surface area contributed by atoms with Crippen molar-refractivity contribution in [3.05, 3.63) is 57.9 Å². The van der Waals surface area contributed by atoms with Crippen molar-refractivity contribution in [3.8, 4) is 0 Å². The number of nitrogens with two attached hydrogens (primary N) is 1. The van der Waals surface area contributed by atoms with Gasteiger partial charge >= 0.3 is 0 Å². The minimum absolute atomic E-state index is 0.213. The summed E-state index contributed by atoms with van der Waals surface area (Å²) in [6, 6.07) is 13.1. The highest BCUT2D eigenvalue weighted by atomic mass is 35.5. The first-order chi connectivity index (χ1) is 10.1. The summed E-state index contributed by atoms with van der Waals surface area (Å²) in [5.74, 6) is -0.213. The summed E-state index contributed by atoms with van der Waals surface area (Å²) in [7, 11) is 0. The van der Waals surface area contributed by atoms with Crippen molar-refractivity contribution in [2.24, 2.45) is 0 Å². The molecule has 1 heterocycles. The maximum atomic E-state index is 12.4. The van der Waals surface area contributed by atoms with Crippen LogP contribution in [0.4, 0.5) is 11.4 Å². The molecular weight excluding hydrogens is 304 g/mol. The standard InChI is InChI=1S/C16H13ClN2OS/c1-9-6-7-10(18)8-12(9)19-16(20)15-14(17)11-4-2-3-5-13(11)21-15/h2-8H,18H2,1H3,(H,19,20). The van der Waals surface area contributed by atoms with Crippen molar-refractivity contribution < 1.29 is 4.79 Å². The molecule has 3 nitrogen and oxygen atoms in total. The molecule has 0 saturated carbocycles. The number of fused-ring (bicyclic) bond motifs is 1. The van der Waals surface area contributed by atoms with E-state index in [1.165, 1.54) is 11.3 Å². The van der Waals surface area contributed by atoms with E-state index in [4.69, 9.17) is 17.3 Å². The highest BCUT2D eigenvalue weighted by Gasteiger charge is 2.17. The maximum absolute atomic E-state index is 12.4. The largest absolute Gasteiger partial charge is 0.399 e. The average Bonchev–Trinajstić information content (AvgIpc) is 2.81. The van der Waals surface area contributed by atoms with Gasteiger partial charge in [-0.1, -0.05) is 35.9 Å². The minimum Gasteiger partial charge on any atom is -0.399 e. The third kappa shape index (κ3) is 2.60. The molecule has 3 rings (SSSR count). The Labute approximate surface area is 131 Å². The van der Waals surface area contributed by atoms with Gasteiger partial charge in [0.1, 0.15) is 4.88 Å². The van der Waals surface area contributed by atoms with Crippen LogP contribution in [-0.4, -0.2) is 5.91 Å². The van der Waals surface area contributed by atoms with Gasteiger partial charge in [0.05, 0.1) is 5.02 Å². The second kappa shape index (κ2) is 5.39. The summed E-state index contributed by atoms with van der Waals surface area (Å²) in [6.07, 6.45) is 0. The van der Waals surface area contributed by atoms with E-state index in [0.717, 1.165) is 15.6 Å². The second-order valence-corrected chi connectivity index (χ2v) is 6.20. The van der Waals surface area contributed by atoms with E-state index < -0.39 is 0 Å². The third-order valence-electron chi connectivity index (χ3n) is 3.25. The number of benzene rings is 2. The summed E-state index contributed by atoms with van der Waals surface area (Å²) in [5, 5.41) is 4.27. The Bertz CT molecular complexity index is 841. The molecule has 3 N–H and O–H groups in total. The van der Waals surface area contributed by atoms with Crippen LogP contribution in [0.5, 0.6) is 0 Å². The van der Waals surface area contributed by atoms with Crippen LogP contribution < -0.4 is 11.1 Å². The molecule has 0 aliphatic carbocycles. The molecule has 0 fully saturated rings. The molecule has 0 radical (unpaired) electrons. The fourth-order valence-corrected chi connectivity index (χ4v) is 3.53. The first kappa shape index (κ1) is 13.9. The van der Waals surface area contributed by atoms with Crippen molar-refractivity contribution in [3.63, 3.8) is 0 Å². The molecule has 0 atom stereocenters. The number of carbonyl (C=O) groups is 1. The summed E-state index contributed by atoms with van der Waals surface area (Å²) in [5.41, 5.74) is 8.02. The zero-order chi connectivity index (χ0) is 15.0. The van der Waals surface area contributed by atoms with E-state index in [1.54, 1.807) is 12.1 Å². The van der Waals surface area contributed by atoms with Gasteiger partial charge in [0, 0.05) is 21.5 Å². The predicted octanol–water partition coefficient (Wildman–Crippen LogP) is 4.70. The highest BCUT2D eigenvalue weighted by molar-refractivity contribution is 7.21. The lowest BCUT2D eigenvalue weighted by Gasteiger charge is -2.08. The molecule has 5 heteroatoms. The fraction of sp³-hybridized carbons (Fsp3) is 0.0625. The Hall–Kier alpha value is -2.04. The van der Waals surface area contributed by atoms with Gasteiger partial charge in [0.25, 0.3) is 5.91 Å². The smallest absolute Gasteiger partial charge is 0.267 e. The molecule has 1 aromatic heterocycles. The van der Waals surface area contributed by atoms with Crippen LogP contribution in [-0.2, 0) is 0 Å². The summed E-state index contributed by atoms with van der Waals surface area (Å²) in [6.45, 7) is 1.92. The van der Waals surface area contributed by atoms with Crippen LogP contribution in [0.2, 0.25) is 5.02 Å². The topological polar surface area (TPSA) is 55.1 Å². The first-order valence-corrected chi connectivity index (χ1v) is 7.60. The quantitative estimate of drug-likeness (QED) is 0.673. The third-order valence-corrected chi connectivity index (χ3v) is 4.93. The number of anilines is 2. The number of amides is 1. The number of halogens is 1. The van der Waals surface area contributed by atoms with Gasteiger partial charge in [-0.25, -0.2) is 0 Å². The van der Waals surface area contributed by atoms with E-state index >= 15 is 0 Å². The van der Waals surface area contributed by atoms with Crippen molar-refractivity contribution in [2.45, 2.75) is 6.92 Å². The lowest BCUT2D eigenvalue weighted by molar-refractivity contribution is 0.103. The SMILES string of the molecule is Cc1ccc(N)cc1NC(=O)c1sc2ccccc2c1Cl. The van der Waals surface area contributed by atoms with Gasteiger partial charge in [0.2, 0.25) is 0 Å². The lowest BCUT2D eigenvalue weighted by atomic mass is 10.2. The Balaban J connectivity index is 1.97. The van der Waals surface area contributed by atoms with Crippen LogP contribution in [0.3, 0.4) is 0 Å². The van der Waals surface area contributed by atoms with E-state index in [2.05, 4.69) is 5.32 Å². The summed E-state index contributed by atoms with van der Waals surface area (Å²) >= 11 is 7.70. The summed E-state index contributed by atoms with van der Waals surface area (Å²) in [4.78, 5) is 13.0. The van der Waals surface area contributed by atoms with Crippen LogP contribution in [0.1, 0.15) is 15.2 Å². The van der Waals surface area contributed by atoms with Gasteiger partial charge in [-0.3, -0.25) is 4.79 Å². The van der Waals surface area contributed by atoms with Crippen molar-refractivity contribution in [1.82, 2.24) is 0 Å². The van der Waals surface area contributed by atoms with E-state index in [-0.39, 0.29) is 5.91 Å².